The van der Waals surface area contributed by atoms with Crippen molar-refractivity contribution in [3.8, 4) is 19.5 Å². The van der Waals surface area contributed by atoms with Crippen LogP contribution in [0.1, 0.15) is 344 Å². The van der Waals surface area contributed by atoms with Crippen LogP contribution in [0, 0.1) is 24.7 Å². The van der Waals surface area contributed by atoms with E-state index in [9.17, 15) is 0 Å². The Balaban J connectivity index is 0.000000188. The van der Waals surface area contributed by atoms with Crippen LogP contribution in [0.3, 0.4) is 0 Å². The maximum absolute atomic E-state index is 5.25. The molecule has 118 heavy (non-hydrogen) atoms. The van der Waals surface area contributed by atoms with E-state index < -0.39 is 0 Å². The monoisotopic (exact) mass is 1910 g/mol. The van der Waals surface area contributed by atoms with Crippen LogP contribution < -0.4 is 0 Å². The molecule has 4 aromatic carbocycles. The first-order valence-electron chi connectivity index (χ1n) is 45.9. The number of aromatic nitrogens is 8. The Kier molecular flexibility index (Phi) is 36.5. The zero-order chi connectivity index (χ0) is 82.4. The van der Waals surface area contributed by atoms with Crippen LogP contribution in [-0.4, -0.2) is 35.0 Å². The van der Waals surface area contributed by atoms with Crippen LogP contribution in [0.4, 0.5) is 0 Å². The van der Waals surface area contributed by atoms with Gasteiger partial charge in [0.1, 0.15) is 44.1 Å². The Morgan fingerprint density at radius 3 is 0.822 bits per heavy atom. The zero-order valence-corrected chi connectivity index (χ0v) is 84.6. The summed E-state index contributed by atoms with van der Waals surface area (Å²) >= 11 is 26.9. The molecule has 8 nitrogen and oxygen atoms in total. The van der Waals surface area contributed by atoms with Crippen LogP contribution in [0.2, 0.25) is 0 Å². The van der Waals surface area contributed by atoms with Gasteiger partial charge in [0.2, 0.25) is 0 Å². The third-order valence-corrected chi connectivity index (χ3v) is 36.9. The molecule has 0 aliphatic carbocycles. The summed E-state index contributed by atoms with van der Waals surface area (Å²) in [6, 6.07) is 7.44. The predicted octanol–water partition coefficient (Wildman–Crippen LogP) is 37.5. The molecule has 0 radical (unpaired) electrons. The Hall–Kier alpha value is -3.42. The van der Waals surface area contributed by atoms with Gasteiger partial charge < -0.3 is 0 Å². The number of nitrogens with zero attached hydrogens (tertiary/aromatic N) is 8. The average Bonchev–Trinajstić information content (AvgIpc) is 1.53. The number of hydrogen-bond acceptors (Lipinski definition) is 19. The van der Waals surface area contributed by atoms with Crippen molar-refractivity contribution in [1.29, 1.82) is 0 Å². The molecule has 15 rings (SSSR count). The highest BCUT2D eigenvalue weighted by molar-refractivity contribution is 9.11. The quantitative estimate of drug-likeness (QED) is 0.0348. The van der Waals surface area contributed by atoms with Crippen LogP contribution in [0.15, 0.2) is 41.9 Å². The van der Waals surface area contributed by atoms with E-state index in [0.29, 0.717) is 0 Å². The smallest absolute Gasteiger partial charge is 0.114 e. The first kappa shape index (κ1) is 92.3. The van der Waals surface area contributed by atoms with Crippen molar-refractivity contribution >= 4 is 264 Å². The van der Waals surface area contributed by atoms with Crippen molar-refractivity contribution in [1.82, 2.24) is 35.0 Å². The summed E-state index contributed by atoms with van der Waals surface area (Å²) in [5.74, 6) is 2.42. The van der Waals surface area contributed by atoms with Gasteiger partial charge in [-0.25, -0.2) is 0 Å². The second-order valence-corrected chi connectivity index (χ2v) is 45.6. The lowest BCUT2D eigenvalue weighted by Crippen LogP contribution is -2.02. The number of rotatable bonds is 48. The Labute approximate surface area is 766 Å². The van der Waals surface area contributed by atoms with Crippen molar-refractivity contribution in [3.63, 3.8) is 0 Å². The van der Waals surface area contributed by atoms with Crippen LogP contribution in [-0.2, 0) is 44.9 Å². The lowest BCUT2D eigenvalue weighted by molar-refractivity contribution is 0.449. The van der Waals surface area contributed by atoms with E-state index in [1.54, 1.807) is 5.56 Å². The van der Waals surface area contributed by atoms with Crippen LogP contribution in [0.25, 0.3) is 126 Å². The van der Waals surface area contributed by atoms with Gasteiger partial charge in [0, 0.05) is 86.3 Å². The highest BCUT2D eigenvalue weighted by Gasteiger charge is 2.32. The van der Waals surface area contributed by atoms with Crippen molar-refractivity contribution in [2.45, 2.75) is 352 Å². The van der Waals surface area contributed by atoms with E-state index in [4.69, 9.17) is 35.0 Å². The number of aryl methyl sites for hydroxylation is 5. The summed E-state index contributed by atoms with van der Waals surface area (Å²) in [5, 5.41) is 17.4. The minimum absolute atomic E-state index is 0.756. The zero-order valence-electron chi connectivity index (χ0n) is 72.4. The molecule has 0 amide bonds. The largest absolute Gasteiger partial charge is 0.172 e. The summed E-state index contributed by atoms with van der Waals surface area (Å²) < 4.78 is 48.4. The van der Waals surface area contributed by atoms with E-state index in [-0.39, 0.29) is 0 Å². The van der Waals surface area contributed by atoms with Crippen LogP contribution >= 0.6 is 158 Å². The first-order chi connectivity index (χ1) is 57.9. The van der Waals surface area contributed by atoms with Gasteiger partial charge >= 0.3 is 0 Å². The van der Waals surface area contributed by atoms with Crippen molar-refractivity contribution < 1.29 is 0 Å². The Morgan fingerprint density at radius 2 is 0.534 bits per heavy atom. The second kappa shape index (κ2) is 46.7. The molecule has 3 atom stereocenters. The van der Waals surface area contributed by atoms with Gasteiger partial charge in [0.15, 0.2) is 0 Å². The topological polar surface area (TPSA) is 103 Å². The number of halogens is 2. The number of benzene rings is 4. The van der Waals surface area contributed by atoms with E-state index >= 15 is 0 Å². The fourth-order valence-corrected chi connectivity index (χ4v) is 30.2. The summed E-state index contributed by atoms with van der Waals surface area (Å²) in [7, 11) is 0. The Bertz CT molecular complexity index is 5310. The number of fused-ring (bicyclic) bond motifs is 22. The predicted molar refractivity (Wildman–Crippen MR) is 544 cm³/mol. The number of unbranched alkanes of at least 4 members (excludes halogenated alkanes) is 23. The molecule has 0 aliphatic heterocycles. The second-order valence-electron chi connectivity index (χ2n) is 33.8. The summed E-state index contributed by atoms with van der Waals surface area (Å²) in [4.78, 5) is 7.20. The minimum Gasteiger partial charge on any atom is -0.172 e. The van der Waals surface area contributed by atoms with Gasteiger partial charge in [0.25, 0.3) is 0 Å². The lowest BCUT2D eigenvalue weighted by Gasteiger charge is -2.12. The van der Waals surface area contributed by atoms with Gasteiger partial charge in [-0.2, -0.15) is 35.0 Å². The molecule has 3 unspecified atom stereocenters. The molecule has 21 heteroatoms. The number of thiophene rings is 7. The normalized spacial score (nSPS) is 13.0. The summed E-state index contributed by atoms with van der Waals surface area (Å²) in [6.07, 6.45) is 54.8. The number of hydrogen-bond donors (Lipinski definition) is 0. The van der Waals surface area contributed by atoms with Crippen molar-refractivity contribution in [2.75, 3.05) is 0 Å². The molecule has 0 spiro atoms. The van der Waals surface area contributed by atoms with Gasteiger partial charge in [-0.1, -0.05) is 275 Å². The molecule has 0 saturated carbocycles. The highest BCUT2D eigenvalue weighted by atomic mass is 79.9. The first-order valence-corrected chi connectivity index (χ1v) is 56.3. The van der Waals surface area contributed by atoms with Gasteiger partial charge in [-0.3, -0.25) is 0 Å². The summed E-state index contributed by atoms with van der Waals surface area (Å²) in [5.41, 5.74) is 18.9. The fourth-order valence-electron chi connectivity index (χ4n) is 18.2. The molecule has 0 fully saturated rings. The lowest BCUT2D eigenvalue weighted by atomic mass is 9.92. The van der Waals surface area contributed by atoms with Crippen molar-refractivity contribution in [2.24, 2.45) is 17.8 Å². The SMILES string of the molecule is CCCCC(CC)Cc1csc(C)c1.CCCCCCCCc1c(-c2cc(CC(CC)CCCC)cs2)sc2c1c1nsnc1c1c3sc(-c4cc(CC(CC)CCCC)cs4)c(CCCCCCCC)c3c3nsnc3c21.CCCCCCCCc1c(Br)sc2c1c1nsnc1c1c3sc(Br)c(CCCCCCCC)c3c3nsnc3c21. The molecular formula is C97H128Br2N8S11. The van der Waals surface area contributed by atoms with E-state index in [0.717, 1.165) is 87.6 Å². The molecule has 0 bridgehead atoms. The van der Waals surface area contributed by atoms with E-state index in [1.165, 1.54) is 425 Å². The van der Waals surface area contributed by atoms with Gasteiger partial charge in [-0.15, -0.1) is 79.4 Å². The molecule has 0 N–H and O–H groups in total. The molecule has 11 heterocycles. The highest BCUT2D eigenvalue weighted by Crippen LogP contribution is 2.56. The van der Waals surface area contributed by atoms with Gasteiger partial charge in [0.05, 0.1) is 54.5 Å². The molecule has 15 aromatic rings. The molecule has 636 valence electrons. The fraction of sp³-hybridized carbons (Fsp3) is 0.588. The third-order valence-electron chi connectivity index (χ3n) is 25.1. The third kappa shape index (κ3) is 21.8. The standard InChI is InChI=1S/C54H72N4S6.C30H34Br2N4S4.C13H22S/c1-7-13-17-19-21-23-27-39-43-47-49(57-63-55-47)46-45(53(43)61-51(39)41-31-37(33-59-41)29-35(11-5)25-15-9-3)50-48(56-64-58-50)44-40(28-24-22-20-18-14-8-2)52(62-54(44)46)42-32-38(34-60-42)30-36(12-6)26-16-10-4;1-3-5-7-9-11-13-15-17-19-23-25(35-39-33-23)22-21(27(19)37-29(17)31)26-24(34-40-36-26)20-18(30(32)38-28(20)22)16-14-12-10-8-6-4-2;1-4-6-7-12(5-2)9-13-8-11(3)14-10-13/h31-36H,7-30H2,1-6H3;3-16H2,1-2H3;8,10,12H,4-7,9H2,1-3H3. The average molecular weight is 1920 g/mol. The molecular weight excluding hydrogens is 1790 g/mol. The molecule has 0 aliphatic rings. The Morgan fingerprint density at radius 1 is 0.280 bits per heavy atom. The maximum Gasteiger partial charge on any atom is 0.114 e. The van der Waals surface area contributed by atoms with Crippen LogP contribution in [0.5, 0.6) is 0 Å². The van der Waals surface area contributed by atoms with E-state index in [1.807, 2.05) is 79.4 Å². The van der Waals surface area contributed by atoms with E-state index in [2.05, 4.69) is 142 Å². The summed E-state index contributed by atoms with van der Waals surface area (Å²) in [6.45, 7) is 25.4. The molecule has 0 saturated heterocycles. The molecule has 11 aromatic heterocycles. The van der Waals surface area contributed by atoms with Gasteiger partial charge in [-0.05, 0) is 200 Å². The van der Waals surface area contributed by atoms with Crippen molar-refractivity contribution in [3.05, 3.63) is 85.7 Å². The minimum atomic E-state index is 0.756. The maximum atomic E-state index is 5.25.